The van der Waals surface area contributed by atoms with Gasteiger partial charge in [-0.3, -0.25) is 0 Å². The molecule has 58 valence electrons. The van der Waals surface area contributed by atoms with E-state index in [1.807, 2.05) is 0 Å². The lowest BCUT2D eigenvalue weighted by Crippen LogP contribution is -2.24. The lowest BCUT2D eigenvalue weighted by Gasteiger charge is -2.26. The lowest BCUT2D eigenvalue weighted by molar-refractivity contribution is 0.00842. The second-order valence-corrected chi connectivity index (χ2v) is 3.15. The van der Waals surface area contributed by atoms with Crippen LogP contribution in [0.5, 0.6) is 0 Å². The quantitative estimate of drug-likeness (QED) is 0.592. The summed E-state index contributed by atoms with van der Waals surface area (Å²) in [7, 11) is 0. The maximum Gasteiger partial charge on any atom is 0.0557 e. The van der Waals surface area contributed by atoms with Gasteiger partial charge in [0.1, 0.15) is 0 Å². The van der Waals surface area contributed by atoms with Crippen LogP contribution >= 0.6 is 0 Å². The smallest absolute Gasteiger partial charge is 0.0557 e. The Balaban J connectivity index is 2.18. The molecule has 0 saturated carbocycles. The Morgan fingerprint density at radius 3 is 2.27 bits per heavy atom. The average molecular weight is 148 g/mol. The highest BCUT2D eigenvalue weighted by molar-refractivity contribution is 5.25. The summed E-state index contributed by atoms with van der Waals surface area (Å²) in [6.07, 6.45) is 0. The maximum atomic E-state index is 5.12. The van der Waals surface area contributed by atoms with Gasteiger partial charge in [0.05, 0.1) is 13.2 Å². The zero-order valence-electron chi connectivity index (χ0n) is 6.71. The van der Waals surface area contributed by atoms with Crippen LogP contribution in [0.25, 0.3) is 0 Å². The van der Waals surface area contributed by atoms with Gasteiger partial charge in [0.15, 0.2) is 0 Å². The van der Waals surface area contributed by atoms with Crippen molar-refractivity contribution in [2.75, 3.05) is 13.2 Å². The number of aryl methyl sites for hydroxylation is 1. The molecule has 0 radical (unpaired) electrons. The molecule has 2 rings (SSSR count). The van der Waals surface area contributed by atoms with Gasteiger partial charge in [-0.05, 0) is 12.5 Å². The van der Waals surface area contributed by atoms with E-state index in [4.69, 9.17) is 4.74 Å². The summed E-state index contributed by atoms with van der Waals surface area (Å²) >= 11 is 0. The first kappa shape index (κ1) is 6.86. The van der Waals surface area contributed by atoms with Crippen molar-refractivity contribution in [2.45, 2.75) is 12.8 Å². The molecule has 1 saturated heterocycles. The topological polar surface area (TPSA) is 9.23 Å². The molecule has 1 fully saturated rings. The minimum Gasteiger partial charge on any atom is -0.380 e. The Morgan fingerprint density at radius 2 is 1.82 bits per heavy atom. The van der Waals surface area contributed by atoms with Gasteiger partial charge in [-0.1, -0.05) is 29.8 Å². The van der Waals surface area contributed by atoms with E-state index in [0.717, 1.165) is 13.2 Å². The Bertz CT molecular complexity index is 234. The molecule has 0 N–H and O–H groups in total. The molecule has 1 heterocycles. The molecule has 0 atom stereocenters. The minimum atomic E-state index is 0.663. The molecule has 0 spiro atoms. The summed E-state index contributed by atoms with van der Waals surface area (Å²) in [4.78, 5) is 0. The summed E-state index contributed by atoms with van der Waals surface area (Å²) in [5, 5.41) is 0. The number of rotatable bonds is 1. The number of benzene rings is 1. The van der Waals surface area contributed by atoms with Crippen molar-refractivity contribution in [1.29, 1.82) is 0 Å². The molecule has 0 aromatic heterocycles. The van der Waals surface area contributed by atoms with E-state index in [-0.39, 0.29) is 0 Å². The van der Waals surface area contributed by atoms with Crippen LogP contribution in [0, 0.1) is 6.92 Å². The first-order chi connectivity index (χ1) is 5.36. The van der Waals surface area contributed by atoms with Crippen molar-refractivity contribution < 1.29 is 4.74 Å². The van der Waals surface area contributed by atoms with E-state index < -0.39 is 0 Å². The fraction of sp³-hybridized carbons (Fsp3) is 0.400. The van der Waals surface area contributed by atoms with Crippen molar-refractivity contribution in [3.05, 3.63) is 35.4 Å². The maximum absolute atomic E-state index is 5.12. The summed E-state index contributed by atoms with van der Waals surface area (Å²) in [5.74, 6) is 0.663. The highest BCUT2D eigenvalue weighted by Crippen LogP contribution is 2.23. The van der Waals surface area contributed by atoms with Crippen LogP contribution in [-0.2, 0) is 4.74 Å². The predicted octanol–water partition coefficient (Wildman–Crippen LogP) is 2.11. The van der Waals surface area contributed by atoms with Gasteiger partial charge < -0.3 is 4.74 Å². The molecule has 1 heteroatoms. The fourth-order valence-corrected chi connectivity index (χ4v) is 1.27. The normalized spacial score (nSPS) is 17.9. The van der Waals surface area contributed by atoms with Gasteiger partial charge in [0, 0.05) is 5.92 Å². The summed E-state index contributed by atoms with van der Waals surface area (Å²) in [5.41, 5.74) is 2.75. The summed E-state index contributed by atoms with van der Waals surface area (Å²) in [6, 6.07) is 8.71. The Morgan fingerprint density at radius 1 is 1.18 bits per heavy atom. The van der Waals surface area contributed by atoms with Gasteiger partial charge in [-0.2, -0.15) is 0 Å². The van der Waals surface area contributed by atoms with Crippen LogP contribution in [-0.4, -0.2) is 13.2 Å². The van der Waals surface area contributed by atoms with E-state index in [1.54, 1.807) is 0 Å². The first-order valence-corrected chi connectivity index (χ1v) is 4.00. The van der Waals surface area contributed by atoms with Gasteiger partial charge in [-0.15, -0.1) is 0 Å². The molecule has 0 unspecified atom stereocenters. The first-order valence-electron chi connectivity index (χ1n) is 4.00. The fourth-order valence-electron chi connectivity index (χ4n) is 1.27. The zero-order valence-corrected chi connectivity index (χ0v) is 6.71. The number of ether oxygens (including phenoxy) is 1. The predicted molar refractivity (Wildman–Crippen MR) is 44.7 cm³/mol. The Hall–Kier alpha value is -0.820. The molecule has 0 bridgehead atoms. The molecule has 1 aliphatic rings. The molecule has 0 aliphatic carbocycles. The van der Waals surface area contributed by atoms with E-state index in [1.165, 1.54) is 11.1 Å². The third-order valence-corrected chi connectivity index (χ3v) is 2.19. The lowest BCUT2D eigenvalue weighted by atomic mass is 9.97. The highest BCUT2D eigenvalue weighted by atomic mass is 16.5. The van der Waals surface area contributed by atoms with E-state index in [2.05, 4.69) is 31.2 Å². The van der Waals surface area contributed by atoms with E-state index >= 15 is 0 Å². The molecular formula is C10H12O. The van der Waals surface area contributed by atoms with Crippen molar-refractivity contribution in [3.63, 3.8) is 0 Å². The number of hydrogen-bond donors (Lipinski definition) is 0. The van der Waals surface area contributed by atoms with E-state index in [9.17, 15) is 0 Å². The average Bonchev–Trinajstić information content (AvgIpc) is 1.90. The third kappa shape index (κ3) is 1.29. The van der Waals surface area contributed by atoms with Gasteiger partial charge in [0.2, 0.25) is 0 Å². The third-order valence-electron chi connectivity index (χ3n) is 2.19. The molecule has 0 amide bonds. The molecule has 1 nitrogen and oxygen atoms in total. The summed E-state index contributed by atoms with van der Waals surface area (Å²) < 4.78 is 5.12. The molecular weight excluding hydrogens is 136 g/mol. The largest absolute Gasteiger partial charge is 0.380 e. The molecule has 1 aromatic rings. The highest BCUT2D eigenvalue weighted by Gasteiger charge is 2.19. The molecule has 11 heavy (non-hydrogen) atoms. The van der Waals surface area contributed by atoms with Gasteiger partial charge in [0.25, 0.3) is 0 Å². The van der Waals surface area contributed by atoms with Crippen molar-refractivity contribution in [3.8, 4) is 0 Å². The Kier molecular flexibility index (Phi) is 1.66. The zero-order chi connectivity index (χ0) is 7.68. The van der Waals surface area contributed by atoms with Gasteiger partial charge >= 0.3 is 0 Å². The van der Waals surface area contributed by atoms with Crippen molar-refractivity contribution in [2.24, 2.45) is 0 Å². The molecule has 1 aromatic carbocycles. The van der Waals surface area contributed by atoms with Gasteiger partial charge in [-0.25, -0.2) is 0 Å². The van der Waals surface area contributed by atoms with Crippen LogP contribution in [0.1, 0.15) is 17.0 Å². The second kappa shape index (κ2) is 2.67. The molecule has 1 aliphatic heterocycles. The van der Waals surface area contributed by atoms with Crippen LogP contribution in [0.4, 0.5) is 0 Å². The van der Waals surface area contributed by atoms with Crippen LogP contribution in [0.3, 0.4) is 0 Å². The van der Waals surface area contributed by atoms with Crippen LogP contribution < -0.4 is 0 Å². The van der Waals surface area contributed by atoms with Crippen molar-refractivity contribution >= 4 is 0 Å². The van der Waals surface area contributed by atoms with Crippen LogP contribution in [0.2, 0.25) is 0 Å². The van der Waals surface area contributed by atoms with E-state index in [0.29, 0.717) is 5.92 Å². The monoisotopic (exact) mass is 148 g/mol. The SMILES string of the molecule is Cc1ccc(C2COC2)cc1. The number of hydrogen-bond acceptors (Lipinski definition) is 1. The minimum absolute atomic E-state index is 0.663. The Labute approximate surface area is 67.0 Å². The summed E-state index contributed by atoms with van der Waals surface area (Å²) in [6.45, 7) is 3.92. The standard InChI is InChI=1S/C10H12O/c1-8-2-4-9(5-3-8)10-6-11-7-10/h2-5,10H,6-7H2,1H3. The second-order valence-electron chi connectivity index (χ2n) is 3.15. The van der Waals surface area contributed by atoms with Crippen molar-refractivity contribution in [1.82, 2.24) is 0 Å². The van der Waals surface area contributed by atoms with Crippen LogP contribution in [0.15, 0.2) is 24.3 Å².